The average Bonchev–Trinajstić information content (AvgIpc) is 2.94. The SMILES string of the molecule is CC1CN(C(=O)[C@@H]2C[C@@H]2C(=O)O)CC(C)O1. The molecule has 2 rings (SSSR count). The monoisotopic (exact) mass is 227 g/mol. The van der Waals surface area contributed by atoms with Crippen LogP contribution in [0.5, 0.6) is 0 Å². The topological polar surface area (TPSA) is 66.8 Å². The Labute approximate surface area is 94.4 Å². The first-order valence-electron chi connectivity index (χ1n) is 5.66. The number of rotatable bonds is 2. The van der Waals surface area contributed by atoms with E-state index in [9.17, 15) is 9.59 Å². The second-order valence-corrected chi connectivity index (χ2v) is 4.79. The van der Waals surface area contributed by atoms with Gasteiger partial charge in [-0.1, -0.05) is 0 Å². The number of nitrogens with zero attached hydrogens (tertiary/aromatic N) is 1. The molecule has 0 aromatic carbocycles. The lowest BCUT2D eigenvalue weighted by atomic mass is 10.2. The molecule has 0 radical (unpaired) electrons. The Morgan fingerprint density at radius 1 is 1.19 bits per heavy atom. The van der Waals surface area contributed by atoms with E-state index in [1.807, 2.05) is 13.8 Å². The summed E-state index contributed by atoms with van der Waals surface area (Å²) in [7, 11) is 0. The molecule has 0 aromatic rings. The molecule has 16 heavy (non-hydrogen) atoms. The highest BCUT2D eigenvalue weighted by Crippen LogP contribution is 2.40. The van der Waals surface area contributed by atoms with Gasteiger partial charge in [-0.05, 0) is 20.3 Å². The largest absolute Gasteiger partial charge is 0.481 e. The van der Waals surface area contributed by atoms with Crippen molar-refractivity contribution in [3.63, 3.8) is 0 Å². The van der Waals surface area contributed by atoms with Crippen LogP contribution in [0.4, 0.5) is 0 Å². The first kappa shape index (κ1) is 11.4. The van der Waals surface area contributed by atoms with Crippen LogP contribution in [0.25, 0.3) is 0 Å². The zero-order valence-electron chi connectivity index (χ0n) is 9.55. The van der Waals surface area contributed by atoms with Crippen molar-refractivity contribution in [3.05, 3.63) is 0 Å². The van der Waals surface area contributed by atoms with Crippen LogP contribution in [0, 0.1) is 11.8 Å². The van der Waals surface area contributed by atoms with Crippen LogP contribution in [-0.4, -0.2) is 47.2 Å². The fourth-order valence-electron chi connectivity index (χ4n) is 2.33. The summed E-state index contributed by atoms with van der Waals surface area (Å²) in [4.78, 5) is 24.4. The van der Waals surface area contributed by atoms with Crippen molar-refractivity contribution < 1.29 is 19.4 Å². The molecule has 5 heteroatoms. The first-order valence-corrected chi connectivity index (χ1v) is 5.66. The summed E-state index contributed by atoms with van der Waals surface area (Å²) in [5.74, 6) is -1.63. The summed E-state index contributed by atoms with van der Waals surface area (Å²) in [6.07, 6.45) is 0.568. The van der Waals surface area contributed by atoms with Gasteiger partial charge < -0.3 is 14.7 Å². The molecule has 0 bridgehead atoms. The highest BCUT2D eigenvalue weighted by atomic mass is 16.5. The Kier molecular flexibility index (Phi) is 2.88. The van der Waals surface area contributed by atoms with E-state index in [0.717, 1.165) is 0 Å². The van der Waals surface area contributed by atoms with Gasteiger partial charge in [0, 0.05) is 13.1 Å². The molecule has 0 aromatic heterocycles. The van der Waals surface area contributed by atoms with Gasteiger partial charge in [-0.3, -0.25) is 9.59 Å². The molecule has 2 unspecified atom stereocenters. The van der Waals surface area contributed by atoms with Crippen molar-refractivity contribution in [3.8, 4) is 0 Å². The second-order valence-electron chi connectivity index (χ2n) is 4.79. The molecular formula is C11H17NO4. The fourth-order valence-corrected chi connectivity index (χ4v) is 2.33. The van der Waals surface area contributed by atoms with Gasteiger partial charge in [0.15, 0.2) is 0 Å². The maximum Gasteiger partial charge on any atom is 0.307 e. The van der Waals surface area contributed by atoms with Gasteiger partial charge in [-0.2, -0.15) is 0 Å². The fraction of sp³-hybridized carbons (Fsp3) is 0.818. The van der Waals surface area contributed by atoms with Crippen LogP contribution in [0.3, 0.4) is 0 Å². The van der Waals surface area contributed by atoms with Crippen LogP contribution in [-0.2, 0) is 14.3 Å². The normalized spacial score (nSPS) is 38.2. The number of hydrogen-bond acceptors (Lipinski definition) is 3. The zero-order chi connectivity index (χ0) is 11.9. The van der Waals surface area contributed by atoms with Gasteiger partial charge in [-0.25, -0.2) is 0 Å². The van der Waals surface area contributed by atoms with E-state index < -0.39 is 11.9 Å². The Morgan fingerprint density at radius 3 is 2.19 bits per heavy atom. The molecule has 1 amide bonds. The molecule has 0 spiro atoms. The average molecular weight is 227 g/mol. The predicted octanol–water partition coefficient (Wildman–Crippen LogP) is 0.343. The standard InChI is InChI=1S/C11H17NO4/c1-6-4-12(5-7(2)16-6)10(13)8-3-9(8)11(14)15/h6-9H,3-5H2,1-2H3,(H,14,15)/t6?,7?,8-,9+/m1/s1. The Morgan fingerprint density at radius 2 is 1.75 bits per heavy atom. The third-order valence-electron chi connectivity index (χ3n) is 3.16. The number of morpholine rings is 1. The quantitative estimate of drug-likeness (QED) is 0.739. The number of carbonyl (C=O) groups is 2. The second kappa shape index (κ2) is 4.05. The first-order chi connectivity index (χ1) is 7.49. The third kappa shape index (κ3) is 2.19. The lowest BCUT2D eigenvalue weighted by Gasteiger charge is -2.35. The van der Waals surface area contributed by atoms with Gasteiger partial charge in [0.1, 0.15) is 0 Å². The Hall–Kier alpha value is -1.10. The Balaban J connectivity index is 1.93. The van der Waals surface area contributed by atoms with Gasteiger partial charge in [0.2, 0.25) is 5.91 Å². The van der Waals surface area contributed by atoms with E-state index in [0.29, 0.717) is 19.5 Å². The number of hydrogen-bond donors (Lipinski definition) is 1. The van der Waals surface area contributed by atoms with Gasteiger partial charge >= 0.3 is 5.97 Å². The molecule has 2 aliphatic rings. The Bertz CT molecular complexity index is 307. The van der Waals surface area contributed by atoms with Crippen LogP contribution >= 0.6 is 0 Å². The molecule has 2 fully saturated rings. The highest BCUT2D eigenvalue weighted by Gasteiger charge is 2.50. The smallest absolute Gasteiger partial charge is 0.307 e. The van der Waals surface area contributed by atoms with Crippen molar-refractivity contribution in [2.24, 2.45) is 11.8 Å². The van der Waals surface area contributed by atoms with Crippen molar-refractivity contribution >= 4 is 11.9 Å². The van der Waals surface area contributed by atoms with Crippen molar-refractivity contribution in [1.82, 2.24) is 4.90 Å². The number of aliphatic carboxylic acids is 1. The van der Waals surface area contributed by atoms with Gasteiger partial charge in [0.05, 0.1) is 24.0 Å². The van der Waals surface area contributed by atoms with Crippen molar-refractivity contribution in [2.75, 3.05) is 13.1 Å². The third-order valence-corrected chi connectivity index (χ3v) is 3.16. The van der Waals surface area contributed by atoms with Crippen LogP contribution < -0.4 is 0 Å². The number of carbonyl (C=O) groups excluding carboxylic acids is 1. The van der Waals surface area contributed by atoms with E-state index in [1.165, 1.54) is 0 Å². The lowest BCUT2D eigenvalue weighted by molar-refractivity contribution is -0.147. The maximum atomic E-state index is 12.0. The minimum Gasteiger partial charge on any atom is -0.481 e. The zero-order valence-corrected chi connectivity index (χ0v) is 9.55. The molecule has 1 saturated carbocycles. The molecule has 1 heterocycles. The molecule has 1 aliphatic heterocycles. The van der Waals surface area contributed by atoms with Crippen LogP contribution in [0.2, 0.25) is 0 Å². The van der Waals surface area contributed by atoms with E-state index >= 15 is 0 Å². The summed E-state index contributed by atoms with van der Waals surface area (Å²) >= 11 is 0. The van der Waals surface area contributed by atoms with Crippen LogP contribution in [0.1, 0.15) is 20.3 Å². The van der Waals surface area contributed by atoms with Gasteiger partial charge in [-0.15, -0.1) is 0 Å². The maximum absolute atomic E-state index is 12.0. The summed E-state index contributed by atoms with van der Waals surface area (Å²) in [5.41, 5.74) is 0. The number of carboxylic acids is 1. The summed E-state index contributed by atoms with van der Waals surface area (Å²) in [5, 5.41) is 8.78. The van der Waals surface area contributed by atoms with E-state index in [4.69, 9.17) is 9.84 Å². The van der Waals surface area contributed by atoms with Crippen molar-refractivity contribution in [2.45, 2.75) is 32.5 Å². The van der Waals surface area contributed by atoms with Crippen LogP contribution in [0.15, 0.2) is 0 Å². The minimum absolute atomic E-state index is 0.0191. The van der Waals surface area contributed by atoms with E-state index in [1.54, 1.807) is 4.90 Å². The molecule has 1 aliphatic carbocycles. The lowest BCUT2D eigenvalue weighted by Crippen LogP contribution is -2.49. The molecule has 1 saturated heterocycles. The molecule has 4 atom stereocenters. The molecular weight excluding hydrogens is 210 g/mol. The minimum atomic E-state index is -0.854. The number of carboxylic acid groups (broad SMARTS) is 1. The highest BCUT2D eigenvalue weighted by molar-refractivity contribution is 5.89. The molecule has 5 nitrogen and oxygen atoms in total. The summed E-state index contributed by atoms with van der Waals surface area (Å²) in [6.45, 7) is 5.01. The van der Waals surface area contributed by atoms with Crippen molar-refractivity contribution in [1.29, 1.82) is 0 Å². The number of amides is 1. The summed E-state index contributed by atoms with van der Waals surface area (Å²) in [6, 6.07) is 0. The number of ether oxygens (including phenoxy) is 1. The van der Waals surface area contributed by atoms with E-state index in [-0.39, 0.29) is 24.0 Å². The molecule has 1 N–H and O–H groups in total. The molecule has 90 valence electrons. The van der Waals surface area contributed by atoms with Gasteiger partial charge in [0.25, 0.3) is 0 Å². The van der Waals surface area contributed by atoms with E-state index in [2.05, 4.69) is 0 Å². The summed E-state index contributed by atoms with van der Waals surface area (Å²) < 4.78 is 5.53. The predicted molar refractivity (Wildman–Crippen MR) is 55.8 cm³/mol.